The largest absolute Gasteiger partial charge is 0.373 e. The fourth-order valence-corrected chi connectivity index (χ4v) is 2.93. The number of allylic oxidation sites excluding steroid dienone is 2. The van der Waals surface area contributed by atoms with Gasteiger partial charge in [0.2, 0.25) is 0 Å². The van der Waals surface area contributed by atoms with Gasteiger partial charge in [-0.1, -0.05) is 51.5 Å². The molecule has 0 aliphatic carbocycles. The van der Waals surface area contributed by atoms with E-state index in [0.29, 0.717) is 5.92 Å². The van der Waals surface area contributed by atoms with Gasteiger partial charge in [0.05, 0.1) is 11.4 Å². The van der Waals surface area contributed by atoms with Crippen LogP contribution in [0.2, 0.25) is 0 Å². The first-order valence-corrected chi connectivity index (χ1v) is 9.10. The van der Waals surface area contributed by atoms with Crippen molar-refractivity contribution < 1.29 is 0 Å². The average molecular weight is 326 g/mol. The summed E-state index contributed by atoms with van der Waals surface area (Å²) in [5.41, 5.74) is 4.84. The molecule has 1 heterocycles. The summed E-state index contributed by atoms with van der Waals surface area (Å²) in [5.74, 6) is 1.78. The molecular weight excluding hydrogens is 294 g/mol. The van der Waals surface area contributed by atoms with Gasteiger partial charge in [-0.2, -0.15) is 5.10 Å². The van der Waals surface area contributed by atoms with E-state index in [1.807, 2.05) is 17.8 Å². The summed E-state index contributed by atoms with van der Waals surface area (Å²) in [7, 11) is 1.97. The Bertz CT molecular complexity index is 666. The molecule has 0 amide bonds. The SMILES string of the molecule is CCC/C=C(\CCC(C)C)c1nn(-c2ccccc2)c(NC)c1C. The molecule has 130 valence electrons. The Kier molecular flexibility index (Phi) is 6.65. The van der Waals surface area contributed by atoms with Crippen molar-refractivity contribution in [1.82, 2.24) is 9.78 Å². The third-order valence-corrected chi connectivity index (χ3v) is 4.33. The normalized spacial score (nSPS) is 12.0. The van der Waals surface area contributed by atoms with Crippen molar-refractivity contribution in [3.05, 3.63) is 47.7 Å². The van der Waals surface area contributed by atoms with Crippen molar-refractivity contribution in [2.45, 2.75) is 53.4 Å². The number of benzene rings is 1. The summed E-state index contributed by atoms with van der Waals surface area (Å²) in [5, 5.41) is 8.30. The topological polar surface area (TPSA) is 29.9 Å². The molecule has 0 unspecified atom stereocenters. The molecule has 2 rings (SSSR count). The lowest BCUT2D eigenvalue weighted by atomic mass is 9.97. The molecule has 0 fully saturated rings. The summed E-state index contributed by atoms with van der Waals surface area (Å²) in [4.78, 5) is 0. The maximum atomic E-state index is 4.97. The predicted molar refractivity (Wildman–Crippen MR) is 105 cm³/mol. The van der Waals surface area contributed by atoms with Crippen LogP contribution >= 0.6 is 0 Å². The molecule has 0 saturated carbocycles. The van der Waals surface area contributed by atoms with E-state index in [1.54, 1.807) is 0 Å². The van der Waals surface area contributed by atoms with Crippen molar-refractivity contribution in [2.75, 3.05) is 12.4 Å². The first kappa shape index (κ1) is 18.3. The van der Waals surface area contributed by atoms with E-state index in [0.717, 1.165) is 30.0 Å². The lowest BCUT2D eigenvalue weighted by Gasteiger charge is -2.09. The highest BCUT2D eigenvalue weighted by atomic mass is 15.3. The lowest BCUT2D eigenvalue weighted by Crippen LogP contribution is -2.02. The number of nitrogens with zero attached hydrogens (tertiary/aromatic N) is 2. The zero-order valence-corrected chi connectivity index (χ0v) is 15.8. The Morgan fingerprint density at radius 3 is 2.54 bits per heavy atom. The summed E-state index contributed by atoms with van der Waals surface area (Å²) in [6, 6.07) is 10.3. The van der Waals surface area contributed by atoms with Crippen LogP contribution in [0.15, 0.2) is 36.4 Å². The van der Waals surface area contributed by atoms with Gasteiger partial charge in [-0.3, -0.25) is 0 Å². The zero-order chi connectivity index (χ0) is 17.5. The molecule has 0 atom stereocenters. The second-order valence-corrected chi connectivity index (χ2v) is 6.77. The smallest absolute Gasteiger partial charge is 0.133 e. The minimum Gasteiger partial charge on any atom is -0.373 e. The van der Waals surface area contributed by atoms with E-state index in [-0.39, 0.29) is 0 Å². The second-order valence-electron chi connectivity index (χ2n) is 6.77. The molecule has 0 radical (unpaired) electrons. The van der Waals surface area contributed by atoms with Gasteiger partial charge in [0, 0.05) is 12.6 Å². The molecular formula is C21H31N3. The second kappa shape index (κ2) is 8.72. The third kappa shape index (κ3) is 4.28. The number of hydrogen-bond acceptors (Lipinski definition) is 2. The van der Waals surface area contributed by atoms with Gasteiger partial charge >= 0.3 is 0 Å². The molecule has 1 aromatic carbocycles. The highest BCUT2D eigenvalue weighted by Gasteiger charge is 2.17. The van der Waals surface area contributed by atoms with Crippen LogP contribution in [-0.2, 0) is 0 Å². The molecule has 1 aromatic heterocycles. The summed E-state index contributed by atoms with van der Waals surface area (Å²) in [6.07, 6.45) is 6.95. The van der Waals surface area contributed by atoms with Gasteiger partial charge in [0.1, 0.15) is 5.82 Å². The number of anilines is 1. The monoisotopic (exact) mass is 325 g/mol. The first-order valence-electron chi connectivity index (χ1n) is 9.10. The minimum atomic E-state index is 0.704. The predicted octanol–water partition coefficient (Wildman–Crippen LogP) is 5.84. The Morgan fingerprint density at radius 2 is 1.96 bits per heavy atom. The number of unbranched alkanes of at least 4 members (excludes halogenated alkanes) is 1. The van der Waals surface area contributed by atoms with E-state index in [2.05, 4.69) is 63.4 Å². The van der Waals surface area contributed by atoms with Crippen LogP contribution in [0.5, 0.6) is 0 Å². The summed E-state index contributed by atoms with van der Waals surface area (Å²) in [6.45, 7) is 8.96. The van der Waals surface area contributed by atoms with Crippen molar-refractivity contribution in [3.8, 4) is 5.69 Å². The lowest BCUT2D eigenvalue weighted by molar-refractivity contribution is 0.597. The number of rotatable bonds is 8. The number of hydrogen-bond donors (Lipinski definition) is 1. The Hall–Kier alpha value is -2.03. The number of aromatic nitrogens is 2. The molecule has 0 spiro atoms. The van der Waals surface area contributed by atoms with Crippen LogP contribution in [-0.4, -0.2) is 16.8 Å². The van der Waals surface area contributed by atoms with Gasteiger partial charge in [0.15, 0.2) is 0 Å². The van der Waals surface area contributed by atoms with Gasteiger partial charge < -0.3 is 5.32 Å². The molecule has 3 nitrogen and oxygen atoms in total. The first-order chi connectivity index (χ1) is 11.6. The van der Waals surface area contributed by atoms with Crippen LogP contribution in [0, 0.1) is 12.8 Å². The van der Waals surface area contributed by atoms with Crippen LogP contribution in [0.25, 0.3) is 11.3 Å². The fraction of sp³-hybridized carbons (Fsp3) is 0.476. The van der Waals surface area contributed by atoms with Crippen molar-refractivity contribution in [1.29, 1.82) is 0 Å². The third-order valence-electron chi connectivity index (χ3n) is 4.33. The zero-order valence-electron chi connectivity index (χ0n) is 15.8. The maximum absolute atomic E-state index is 4.97. The fourth-order valence-electron chi connectivity index (χ4n) is 2.93. The van der Waals surface area contributed by atoms with Crippen LogP contribution in [0.3, 0.4) is 0 Å². The summed E-state index contributed by atoms with van der Waals surface area (Å²) >= 11 is 0. The Labute approximate surface area is 146 Å². The standard InChI is InChI=1S/C21H31N3/c1-6-7-11-18(15-14-16(2)3)20-17(4)21(22-5)24(23-20)19-12-9-8-10-13-19/h8-13,16,22H,6-7,14-15H2,1-5H3/b18-11+. The molecule has 1 N–H and O–H groups in total. The maximum Gasteiger partial charge on any atom is 0.133 e. The highest BCUT2D eigenvalue weighted by molar-refractivity contribution is 5.70. The molecule has 0 aliphatic heterocycles. The van der Waals surface area contributed by atoms with Gasteiger partial charge in [-0.05, 0) is 49.8 Å². The van der Waals surface area contributed by atoms with E-state index in [1.165, 1.54) is 24.0 Å². The Morgan fingerprint density at radius 1 is 1.25 bits per heavy atom. The van der Waals surface area contributed by atoms with Crippen molar-refractivity contribution in [2.24, 2.45) is 5.92 Å². The van der Waals surface area contributed by atoms with E-state index in [9.17, 15) is 0 Å². The van der Waals surface area contributed by atoms with Crippen LogP contribution in [0.1, 0.15) is 57.7 Å². The minimum absolute atomic E-state index is 0.704. The highest BCUT2D eigenvalue weighted by Crippen LogP contribution is 2.31. The van der Waals surface area contributed by atoms with Gasteiger partial charge in [0.25, 0.3) is 0 Å². The molecule has 3 heteroatoms. The van der Waals surface area contributed by atoms with Gasteiger partial charge in [-0.15, -0.1) is 0 Å². The molecule has 0 saturated heterocycles. The van der Waals surface area contributed by atoms with E-state index in [4.69, 9.17) is 5.10 Å². The van der Waals surface area contributed by atoms with Gasteiger partial charge in [-0.25, -0.2) is 4.68 Å². The van der Waals surface area contributed by atoms with Crippen LogP contribution < -0.4 is 5.32 Å². The number of para-hydroxylation sites is 1. The van der Waals surface area contributed by atoms with Crippen molar-refractivity contribution >= 4 is 11.4 Å². The summed E-state index contributed by atoms with van der Waals surface area (Å²) < 4.78 is 2.03. The Balaban J connectivity index is 2.45. The molecule has 2 aromatic rings. The molecule has 0 aliphatic rings. The average Bonchev–Trinajstić information content (AvgIpc) is 2.92. The number of nitrogens with one attached hydrogen (secondary N) is 1. The van der Waals surface area contributed by atoms with E-state index >= 15 is 0 Å². The quantitative estimate of drug-likeness (QED) is 0.660. The van der Waals surface area contributed by atoms with Crippen molar-refractivity contribution in [3.63, 3.8) is 0 Å². The van der Waals surface area contributed by atoms with E-state index < -0.39 is 0 Å². The van der Waals surface area contributed by atoms with Crippen LogP contribution in [0.4, 0.5) is 5.82 Å². The molecule has 0 bridgehead atoms. The molecule has 24 heavy (non-hydrogen) atoms.